The first-order valence-electron chi connectivity index (χ1n) is 7.59. The highest BCUT2D eigenvalue weighted by Crippen LogP contribution is 2.36. The van der Waals surface area contributed by atoms with Crippen molar-refractivity contribution in [2.45, 2.75) is 19.3 Å². The molecule has 22 heavy (non-hydrogen) atoms. The smallest absolute Gasteiger partial charge is 0.177 e. The Balaban J connectivity index is 1.72. The van der Waals surface area contributed by atoms with E-state index in [1.54, 1.807) is 0 Å². The van der Waals surface area contributed by atoms with Crippen LogP contribution in [-0.2, 0) is 0 Å². The number of H-pyrrole nitrogens is 1. The molecule has 1 aliphatic rings. The van der Waals surface area contributed by atoms with E-state index >= 15 is 0 Å². The minimum Gasteiger partial charge on any atom is -0.259 e. The molecule has 1 unspecified atom stereocenters. The fraction of sp³-hybridized carbons (Fsp3) is 0.158. The van der Waals surface area contributed by atoms with Gasteiger partial charge in [-0.15, -0.1) is 0 Å². The molecule has 0 fully saturated rings. The molecule has 3 aromatic rings. The molecule has 3 heteroatoms. The molecule has 3 nitrogen and oxygen atoms in total. The summed E-state index contributed by atoms with van der Waals surface area (Å²) in [5.41, 5.74) is 4.95. The normalized spacial score (nSPS) is 17.0. The number of benzene rings is 2. The predicted octanol–water partition coefficient (Wildman–Crippen LogP) is 4.52. The molecule has 0 spiro atoms. The van der Waals surface area contributed by atoms with Gasteiger partial charge < -0.3 is 0 Å². The number of aromatic amines is 1. The van der Waals surface area contributed by atoms with Crippen LogP contribution in [0.4, 0.5) is 0 Å². The molecule has 0 amide bonds. The Morgan fingerprint density at radius 3 is 2.64 bits per heavy atom. The van der Waals surface area contributed by atoms with E-state index < -0.39 is 0 Å². The maximum absolute atomic E-state index is 4.68. The summed E-state index contributed by atoms with van der Waals surface area (Å²) in [5.74, 6) is 2.12. The van der Waals surface area contributed by atoms with E-state index in [4.69, 9.17) is 0 Å². The van der Waals surface area contributed by atoms with E-state index in [0.29, 0.717) is 5.92 Å². The van der Waals surface area contributed by atoms with E-state index in [1.165, 1.54) is 16.7 Å². The van der Waals surface area contributed by atoms with Crippen molar-refractivity contribution < 1.29 is 0 Å². The molecule has 108 valence electrons. The average molecular weight is 287 g/mol. The zero-order valence-corrected chi connectivity index (χ0v) is 12.5. The minimum absolute atomic E-state index is 0.495. The summed E-state index contributed by atoms with van der Waals surface area (Å²) in [7, 11) is 0. The predicted molar refractivity (Wildman–Crippen MR) is 89.2 cm³/mol. The molecule has 1 aliphatic carbocycles. The van der Waals surface area contributed by atoms with Gasteiger partial charge in [0.05, 0.1) is 0 Å². The van der Waals surface area contributed by atoms with Crippen molar-refractivity contribution in [3.8, 4) is 11.4 Å². The van der Waals surface area contributed by atoms with Crippen molar-refractivity contribution in [1.82, 2.24) is 15.2 Å². The van der Waals surface area contributed by atoms with Gasteiger partial charge in [-0.25, -0.2) is 4.98 Å². The molecule has 0 saturated heterocycles. The van der Waals surface area contributed by atoms with Gasteiger partial charge in [0, 0.05) is 5.56 Å². The molecule has 0 bridgehead atoms. The van der Waals surface area contributed by atoms with Gasteiger partial charge in [-0.05, 0) is 35.1 Å². The summed E-state index contributed by atoms with van der Waals surface area (Å²) in [6, 6.07) is 18.7. The zero-order chi connectivity index (χ0) is 14.9. The number of fused-ring (bicyclic) bond motifs is 1. The number of hydrogen-bond acceptors (Lipinski definition) is 2. The summed E-state index contributed by atoms with van der Waals surface area (Å²) >= 11 is 0. The Hall–Kier alpha value is -2.68. The van der Waals surface area contributed by atoms with Crippen LogP contribution >= 0.6 is 0 Å². The van der Waals surface area contributed by atoms with Gasteiger partial charge in [-0.3, -0.25) is 5.10 Å². The fourth-order valence-corrected chi connectivity index (χ4v) is 3.06. The third-order valence-electron chi connectivity index (χ3n) is 4.20. The van der Waals surface area contributed by atoms with Crippen molar-refractivity contribution >= 4 is 11.6 Å². The molecule has 2 aromatic carbocycles. The third-order valence-corrected chi connectivity index (χ3v) is 4.20. The Kier molecular flexibility index (Phi) is 3.11. The molecule has 0 aliphatic heterocycles. The van der Waals surface area contributed by atoms with E-state index in [9.17, 15) is 0 Å². The highest BCUT2D eigenvalue weighted by atomic mass is 15.2. The van der Waals surface area contributed by atoms with Crippen LogP contribution in [0.2, 0.25) is 0 Å². The van der Waals surface area contributed by atoms with Crippen LogP contribution in [0.3, 0.4) is 0 Å². The first-order chi connectivity index (χ1) is 10.8. The monoisotopic (exact) mass is 287 g/mol. The van der Waals surface area contributed by atoms with E-state index in [-0.39, 0.29) is 0 Å². The molecule has 1 atom stereocenters. The van der Waals surface area contributed by atoms with Gasteiger partial charge in [0.1, 0.15) is 0 Å². The van der Waals surface area contributed by atoms with Gasteiger partial charge in [0.25, 0.3) is 0 Å². The molecule has 1 N–H and O–H groups in total. The Morgan fingerprint density at radius 1 is 1.00 bits per heavy atom. The van der Waals surface area contributed by atoms with Gasteiger partial charge >= 0.3 is 0 Å². The van der Waals surface area contributed by atoms with Crippen LogP contribution in [0.1, 0.15) is 36.2 Å². The first-order valence-corrected chi connectivity index (χ1v) is 7.59. The van der Waals surface area contributed by atoms with Gasteiger partial charge in [0.15, 0.2) is 11.6 Å². The topological polar surface area (TPSA) is 41.6 Å². The van der Waals surface area contributed by atoms with Gasteiger partial charge in [0.2, 0.25) is 0 Å². The van der Waals surface area contributed by atoms with E-state index in [0.717, 1.165) is 23.6 Å². The molecule has 0 radical (unpaired) electrons. The van der Waals surface area contributed by atoms with Crippen LogP contribution in [0.5, 0.6) is 0 Å². The van der Waals surface area contributed by atoms with Crippen molar-refractivity contribution in [2.24, 2.45) is 0 Å². The second kappa shape index (κ2) is 5.26. The Morgan fingerprint density at radius 2 is 1.77 bits per heavy atom. The van der Waals surface area contributed by atoms with Crippen LogP contribution in [0, 0.1) is 0 Å². The quantitative estimate of drug-likeness (QED) is 0.753. The van der Waals surface area contributed by atoms with Gasteiger partial charge in [-0.1, -0.05) is 61.5 Å². The second-order valence-electron chi connectivity index (χ2n) is 5.78. The summed E-state index contributed by atoms with van der Waals surface area (Å²) in [6.45, 7) is 2.26. The molecule has 1 aromatic heterocycles. The van der Waals surface area contributed by atoms with Crippen molar-refractivity contribution in [3.63, 3.8) is 0 Å². The van der Waals surface area contributed by atoms with E-state index in [2.05, 4.69) is 52.4 Å². The summed E-state index contributed by atoms with van der Waals surface area (Å²) in [4.78, 5) is 4.68. The SMILES string of the molecule is CC1CC(c2n[nH]c(-c3ccccc3)n2)=Cc2ccccc21. The second-order valence-corrected chi connectivity index (χ2v) is 5.78. The average Bonchev–Trinajstić information content (AvgIpc) is 3.06. The minimum atomic E-state index is 0.495. The Labute approximate surface area is 129 Å². The lowest BCUT2D eigenvalue weighted by Gasteiger charge is -2.21. The largest absolute Gasteiger partial charge is 0.259 e. The number of rotatable bonds is 2. The zero-order valence-electron chi connectivity index (χ0n) is 12.5. The molecule has 4 rings (SSSR count). The van der Waals surface area contributed by atoms with Crippen molar-refractivity contribution in [1.29, 1.82) is 0 Å². The maximum Gasteiger partial charge on any atom is 0.177 e. The summed E-state index contributed by atoms with van der Waals surface area (Å²) < 4.78 is 0. The lowest BCUT2D eigenvalue weighted by atomic mass is 9.84. The van der Waals surface area contributed by atoms with Crippen LogP contribution in [0.25, 0.3) is 23.0 Å². The number of allylic oxidation sites excluding steroid dienone is 1. The van der Waals surface area contributed by atoms with Crippen molar-refractivity contribution in [2.75, 3.05) is 0 Å². The lowest BCUT2D eigenvalue weighted by Crippen LogP contribution is -2.04. The van der Waals surface area contributed by atoms with Gasteiger partial charge in [-0.2, -0.15) is 5.10 Å². The first kappa shape index (κ1) is 13.0. The summed E-state index contributed by atoms with van der Waals surface area (Å²) in [6.07, 6.45) is 3.19. The molecular weight excluding hydrogens is 270 g/mol. The highest BCUT2D eigenvalue weighted by molar-refractivity contribution is 5.83. The number of hydrogen-bond donors (Lipinski definition) is 1. The molecule has 1 heterocycles. The van der Waals surface area contributed by atoms with Crippen molar-refractivity contribution in [3.05, 3.63) is 71.5 Å². The fourth-order valence-electron chi connectivity index (χ4n) is 3.06. The standard InChI is InChI=1S/C19H17N3/c1-13-11-16(12-15-9-5-6-10-17(13)15)19-20-18(21-22-19)14-7-3-2-4-8-14/h2-10,12-13H,11H2,1H3,(H,20,21,22). The maximum atomic E-state index is 4.68. The number of aromatic nitrogens is 3. The number of nitrogens with one attached hydrogen (secondary N) is 1. The third kappa shape index (κ3) is 2.25. The molecular formula is C19H17N3. The van der Waals surface area contributed by atoms with Crippen LogP contribution in [-0.4, -0.2) is 15.2 Å². The highest BCUT2D eigenvalue weighted by Gasteiger charge is 2.20. The Bertz CT molecular complexity index is 831. The van der Waals surface area contributed by atoms with Crippen LogP contribution < -0.4 is 0 Å². The lowest BCUT2D eigenvalue weighted by molar-refractivity contribution is 0.777. The number of nitrogens with zero attached hydrogens (tertiary/aromatic N) is 2. The summed E-state index contributed by atoms with van der Waals surface area (Å²) in [5, 5.41) is 7.48. The van der Waals surface area contributed by atoms with Crippen LogP contribution in [0.15, 0.2) is 54.6 Å². The van der Waals surface area contributed by atoms with E-state index in [1.807, 2.05) is 30.3 Å². The molecule has 0 saturated carbocycles.